The second-order valence-electron chi connectivity index (χ2n) is 7.45. The molecule has 3 N–H and O–H groups in total. The van der Waals surface area contributed by atoms with Gasteiger partial charge in [0.2, 0.25) is 5.91 Å². The second-order valence-corrected chi connectivity index (χ2v) is 8.62. The molecule has 1 heterocycles. The van der Waals surface area contributed by atoms with E-state index in [0.717, 1.165) is 18.8 Å². The Morgan fingerprint density at radius 2 is 1.91 bits per heavy atom. The number of anilines is 1. The van der Waals surface area contributed by atoms with E-state index in [-0.39, 0.29) is 30.7 Å². The smallest absolute Gasteiger partial charge is 0.251 e. The third-order valence-corrected chi connectivity index (χ3v) is 6.13. The van der Waals surface area contributed by atoms with Crippen molar-refractivity contribution < 1.29 is 19.4 Å². The van der Waals surface area contributed by atoms with Gasteiger partial charge in [-0.3, -0.25) is 9.59 Å². The van der Waals surface area contributed by atoms with Gasteiger partial charge in [-0.25, -0.2) is 0 Å². The standard InChI is InChI=1S/C23H25IN4O4/c1-15-12-17(13-20(24)21(15)29)19(23(31)26-7-6-25)14-27-22(30)16-2-4-18(5-3-16)28-8-10-32-11-9-28/h2-5,12-13,19,29H,7-11,14H2,1H3,(H,26,31)(H,27,30). The van der Waals surface area contributed by atoms with Crippen molar-refractivity contribution in [3.05, 3.63) is 56.7 Å². The van der Waals surface area contributed by atoms with Crippen LogP contribution in [0.15, 0.2) is 36.4 Å². The molecule has 8 nitrogen and oxygen atoms in total. The summed E-state index contributed by atoms with van der Waals surface area (Å²) in [5.41, 5.74) is 2.82. The van der Waals surface area contributed by atoms with E-state index in [0.29, 0.717) is 33.5 Å². The van der Waals surface area contributed by atoms with Gasteiger partial charge in [-0.1, -0.05) is 6.07 Å². The minimum Gasteiger partial charge on any atom is -0.507 e. The molecule has 32 heavy (non-hydrogen) atoms. The number of aryl methyl sites for hydroxylation is 1. The summed E-state index contributed by atoms with van der Waals surface area (Å²) in [6.07, 6.45) is 0. The summed E-state index contributed by atoms with van der Waals surface area (Å²) in [7, 11) is 0. The van der Waals surface area contributed by atoms with Crippen LogP contribution >= 0.6 is 22.6 Å². The van der Waals surface area contributed by atoms with Crippen molar-refractivity contribution in [1.82, 2.24) is 10.6 Å². The SMILES string of the molecule is Cc1cc(C(CNC(=O)c2ccc(N3CCOCC3)cc2)C(=O)NCC#N)cc(I)c1O. The fourth-order valence-electron chi connectivity index (χ4n) is 3.52. The van der Waals surface area contributed by atoms with E-state index < -0.39 is 5.92 Å². The summed E-state index contributed by atoms with van der Waals surface area (Å²) in [5.74, 6) is -1.19. The monoisotopic (exact) mass is 548 g/mol. The number of benzene rings is 2. The van der Waals surface area contributed by atoms with E-state index in [4.69, 9.17) is 10.00 Å². The lowest BCUT2D eigenvalue weighted by Gasteiger charge is -2.28. The molecule has 1 atom stereocenters. The highest BCUT2D eigenvalue weighted by Crippen LogP contribution is 2.29. The lowest BCUT2D eigenvalue weighted by molar-refractivity contribution is -0.122. The van der Waals surface area contributed by atoms with Crippen molar-refractivity contribution in [2.45, 2.75) is 12.8 Å². The van der Waals surface area contributed by atoms with E-state index in [2.05, 4.69) is 15.5 Å². The van der Waals surface area contributed by atoms with Crippen molar-refractivity contribution in [2.24, 2.45) is 0 Å². The molecular weight excluding hydrogens is 523 g/mol. The van der Waals surface area contributed by atoms with Gasteiger partial charge in [0.15, 0.2) is 0 Å². The maximum Gasteiger partial charge on any atom is 0.251 e. The zero-order valence-corrected chi connectivity index (χ0v) is 19.9. The predicted molar refractivity (Wildman–Crippen MR) is 129 cm³/mol. The first kappa shape index (κ1) is 23.8. The minimum atomic E-state index is -0.701. The third kappa shape index (κ3) is 5.89. The maximum absolute atomic E-state index is 12.7. The van der Waals surface area contributed by atoms with Gasteiger partial charge >= 0.3 is 0 Å². The number of nitriles is 1. The zero-order valence-electron chi connectivity index (χ0n) is 17.7. The highest BCUT2D eigenvalue weighted by atomic mass is 127. The highest BCUT2D eigenvalue weighted by molar-refractivity contribution is 14.1. The summed E-state index contributed by atoms with van der Waals surface area (Å²) in [4.78, 5) is 27.6. The lowest BCUT2D eigenvalue weighted by Crippen LogP contribution is -2.38. The lowest BCUT2D eigenvalue weighted by atomic mass is 9.96. The Hall–Kier alpha value is -2.84. The number of nitrogens with one attached hydrogen (secondary N) is 2. The molecular formula is C23H25IN4O4. The Bertz CT molecular complexity index is 991. The largest absolute Gasteiger partial charge is 0.507 e. The van der Waals surface area contributed by atoms with Crippen molar-refractivity contribution >= 4 is 40.1 Å². The van der Waals surface area contributed by atoms with E-state index in [9.17, 15) is 14.7 Å². The first-order valence-electron chi connectivity index (χ1n) is 10.3. The molecule has 1 unspecified atom stereocenters. The van der Waals surface area contributed by atoms with Crippen LogP contribution in [-0.4, -0.2) is 56.3 Å². The molecule has 2 aromatic rings. The van der Waals surface area contributed by atoms with Crippen molar-refractivity contribution in [2.75, 3.05) is 44.3 Å². The Morgan fingerprint density at radius 1 is 1.22 bits per heavy atom. The van der Waals surface area contributed by atoms with Crippen LogP contribution in [0.3, 0.4) is 0 Å². The number of hydrogen-bond donors (Lipinski definition) is 3. The molecule has 0 aliphatic carbocycles. The van der Waals surface area contributed by atoms with Crippen LogP contribution in [0.25, 0.3) is 0 Å². The topological polar surface area (TPSA) is 115 Å². The minimum absolute atomic E-state index is 0.0571. The number of morpholine rings is 1. The number of nitrogens with zero attached hydrogens (tertiary/aromatic N) is 2. The van der Waals surface area contributed by atoms with Crippen LogP contribution in [0.4, 0.5) is 5.69 Å². The summed E-state index contributed by atoms with van der Waals surface area (Å²) >= 11 is 2.00. The van der Waals surface area contributed by atoms with E-state index in [1.54, 1.807) is 31.2 Å². The van der Waals surface area contributed by atoms with Crippen LogP contribution in [0.1, 0.15) is 27.4 Å². The summed E-state index contributed by atoms with van der Waals surface area (Å²) < 4.78 is 5.98. The van der Waals surface area contributed by atoms with Gasteiger partial charge in [0.25, 0.3) is 5.91 Å². The molecule has 1 fully saturated rings. The van der Waals surface area contributed by atoms with Gasteiger partial charge in [-0.15, -0.1) is 0 Å². The normalized spacial score (nSPS) is 14.3. The summed E-state index contributed by atoms with van der Waals surface area (Å²) in [6.45, 7) is 4.69. The molecule has 1 saturated heterocycles. The third-order valence-electron chi connectivity index (χ3n) is 5.31. The molecule has 2 aromatic carbocycles. The van der Waals surface area contributed by atoms with Gasteiger partial charge in [0.05, 0.1) is 28.8 Å². The molecule has 168 valence electrons. The molecule has 3 rings (SSSR count). The molecule has 0 spiro atoms. The first-order chi connectivity index (χ1) is 15.4. The number of carbonyl (C=O) groups is 2. The van der Waals surface area contributed by atoms with Gasteiger partial charge in [0, 0.05) is 30.9 Å². The number of phenols is 1. The predicted octanol–water partition coefficient (Wildman–Crippen LogP) is 2.30. The Labute approximate surface area is 200 Å². The average molecular weight is 548 g/mol. The molecule has 0 aromatic heterocycles. The molecule has 1 aliphatic heterocycles. The molecule has 0 bridgehead atoms. The number of hydrogen-bond acceptors (Lipinski definition) is 6. The van der Waals surface area contributed by atoms with Crippen molar-refractivity contribution in [3.8, 4) is 11.8 Å². The van der Waals surface area contributed by atoms with Crippen LogP contribution in [0.2, 0.25) is 0 Å². The van der Waals surface area contributed by atoms with E-state index in [1.165, 1.54) is 0 Å². The molecule has 9 heteroatoms. The number of aromatic hydroxyl groups is 1. The highest BCUT2D eigenvalue weighted by Gasteiger charge is 2.23. The van der Waals surface area contributed by atoms with Gasteiger partial charge in [0.1, 0.15) is 12.3 Å². The van der Waals surface area contributed by atoms with Crippen molar-refractivity contribution in [1.29, 1.82) is 5.26 Å². The number of amides is 2. The van der Waals surface area contributed by atoms with Crippen LogP contribution in [0, 0.1) is 21.8 Å². The quantitative estimate of drug-likeness (QED) is 0.362. The Morgan fingerprint density at radius 3 is 2.53 bits per heavy atom. The fraction of sp³-hybridized carbons (Fsp3) is 0.348. The Balaban J connectivity index is 1.71. The van der Waals surface area contributed by atoms with E-state index >= 15 is 0 Å². The molecule has 2 amide bonds. The van der Waals surface area contributed by atoms with Crippen LogP contribution in [0.5, 0.6) is 5.75 Å². The van der Waals surface area contributed by atoms with Crippen LogP contribution < -0.4 is 15.5 Å². The van der Waals surface area contributed by atoms with Gasteiger partial charge < -0.3 is 25.4 Å². The number of halogens is 1. The number of carbonyl (C=O) groups excluding carboxylic acids is 2. The number of ether oxygens (including phenoxy) is 1. The number of phenolic OH excluding ortho intramolecular Hbond substituents is 1. The molecule has 0 saturated carbocycles. The maximum atomic E-state index is 12.7. The molecule has 1 aliphatic rings. The second kappa shape index (κ2) is 11.2. The molecule has 0 radical (unpaired) electrons. The van der Waals surface area contributed by atoms with Crippen molar-refractivity contribution in [3.63, 3.8) is 0 Å². The van der Waals surface area contributed by atoms with E-state index in [1.807, 2.05) is 40.8 Å². The summed E-state index contributed by atoms with van der Waals surface area (Å²) in [5, 5.41) is 24.2. The number of rotatable bonds is 7. The fourth-order valence-corrected chi connectivity index (χ4v) is 4.30. The average Bonchev–Trinajstić information content (AvgIpc) is 2.81. The van der Waals surface area contributed by atoms with Gasteiger partial charge in [-0.05, 0) is 71.0 Å². The Kier molecular flexibility index (Phi) is 8.30. The van der Waals surface area contributed by atoms with Gasteiger partial charge in [-0.2, -0.15) is 5.26 Å². The first-order valence-corrected chi connectivity index (χ1v) is 11.3. The summed E-state index contributed by atoms with van der Waals surface area (Å²) in [6, 6.07) is 12.7. The van der Waals surface area contributed by atoms with Crippen LogP contribution in [-0.2, 0) is 9.53 Å². The zero-order chi connectivity index (χ0) is 23.1.